The molecule has 1 heterocycles. The SMILES string of the molecule is Cc1cc2c(c(-c3ccccc3)c1)C(=O)OC(C)C2. The Bertz CT molecular complexity index is 629. The molecular formula is C17H16O2. The molecule has 0 saturated heterocycles. The van der Waals surface area contributed by atoms with Gasteiger partial charge in [-0.15, -0.1) is 0 Å². The van der Waals surface area contributed by atoms with Crippen LogP contribution in [-0.4, -0.2) is 12.1 Å². The van der Waals surface area contributed by atoms with E-state index >= 15 is 0 Å². The fourth-order valence-electron chi connectivity index (χ4n) is 2.70. The van der Waals surface area contributed by atoms with Crippen LogP contribution in [0.5, 0.6) is 0 Å². The minimum absolute atomic E-state index is 0.0366. The summed E-state index contributed by atoms with van der Waals surface area (Å²) in [5.74, 6) is -0.201. The van der Waals surface area contributed by atoms with Crippen molar-refractivity contribution < 1.29 is 9.53 Å². The normalized spacial score (nSPS) is 17.8. The van der Waals surface area contributed by atoms with Crippen molar-refractivity contribution in [3.8, 4) is 11.1 Å². The van der Waals surface area contributed by atoms with Gasteiger partial charge in [-0.3, -0.25) is 0 Å². The minimum atomic E-state index is -0.201. The lowest BCUT2D eigenvalue weighted by atomic mass is 9.89. The van der Waals surface area contributed by atoms with Gasteiger partial charge in [0.2, 0.25) is 0 Å². The van der Waals surface area contributed by atoms with Gasteiger partial charge < -0.3 is 4.74 Å². The number of carbonyl (C=O) groups excluding carboxylic acids is 1. The zero-order valence-electron chi connectivity index (χ0n) is 11.1. The molecule has 0 N–H and O–H groups in total. The number of fused-ring (bicyclic) bond motifs is 1. The summed E-state index contributed by atoms with van der Waals surface area (Å²) >= 11 is 0. The topological polar surface area (TPSA) is 26.3 Å². The van der Waals surface area contributed by atoms with Crippen LogP contribution in [0, 0.1) is 6.92 Å². The predicted octanol–water partition coefficient (Wildman–Crippen LogP) is 3.76. The number of hydrogen-bond donors (Lipinski definition) is 0. The third-order valence-electron chi connectivity index (χ3n) is 3.47. The van der Waals surface area contributed by atoms with Crippen molar-refractivity contribution in [3.63, 3.8) is 0 Å². The first-order valence-corrected chi connectivity index (χ1v) is 6.55. The zero-order chi connectivity index (χ0) is 13.4. The lowest BCUT2D eigenvalue weighted by molar-refractivity contribution is 0.0302. The molecule has 3 rings (SSSR count). The van der Waals surface area contributed by atoms with Gasteiger partial charge in [-0.05, 0) is 30.5 Å². The van der Waals surface area contributed by atoms with Crippen LogP contribution in [0.15, 0.2) is 42.5 Å². The molecule has 1 unspecified atom stereocenters. The third kappa shape index (κ3) is 2.14. The molecule has 1 aliphatic rings. The van der Waals surface area contributed by atoms with Crippen LogP contribution >= 0.6 is 0 Å². The molecule has 0 bridgehead atoms. The lowest BCUT2D eigenvalue weighted by Gasteiger charge is -2.24. The fourth-order valence-corrected chi connectivity index (χ4v) is 2.70. The molecule has 2 heteroatoms. The third-order valence-corrected chi connectivity index (χ3v) is 3.47. The van der Waals surface area contributed by atoms with E-state index in [0.717, 1.165) is 28.7 Å². The molecule has 0 aromatic heterocycles. The Hall–Kier alpha value is -2.09. The maximum atomic E-state index is 12.2. The van der Waals surface area contributed by atoms with E-state index in [0.29, 0.717) is 0 Å². The Balaban J connectivity index is 2.23. The van der Waals surface area contributed by atoms with Gasteiger partial charge in [0.1, 0.15) is 6.10 Å². The standard InChI is InChI=1S/C17H16O2/c1-11-8-14-10-12(2)19-17(18)16(14)15(9-11)13-6-4-3-5-7-13/h3-9,12H,10H2,1-2H3. The van der Waals surface area contributed by atoms with Crippen molar-refractivity contribution >= 4 is 5.97 Å². The zero-order valence-corrected chi connectivity index (χ0v) is 11.1. The van der Waals surface area contributed by atoms with Crippen LogP contribution in [0.1, 0.15) is 28.4 Å². The second-order valence-corrected chi connectivity index (χ2v) is 5.13. The maximum absolute atomic E-state index is 12.2. The number of cyclic esters (lactones) is 1. The van der Waals surface area contributed by atoms with Crippen molar-refractivity contribution in [3.05, 3.63) is 59.2 Å². The van der Waals surface area contributed by atoms with E-state index in [4.69, 9.17) is 4.74 Å². The maximum Gasteiger partial charge on any atom is 0.339 e. The van der Waals surface area contributed by atoms with Gasteiger partial charge >= 0.3 is 5.97 Å². The van der Waals surface area contributed by atoms with E-state index in [1.54, 1.807) is 0 Å². The summed E-state index contributed by atoms with van der Waals surface area (Å²) in [6.07, 6.45) is 0.758. The van der Waals surface area contributed by atoms with Crippen molar-refractivity contribution in [2.45, 2.75) is 26.4 Å². The number of hydrogen-bond acceptors (Lipinski definition) is 2. The monoisotopic (exact) mass is 252 g/mol. The summed E-state index contributed by atoms with van der Waals surface area (Å²) in [5, 5.41) is 0. The smallest absolute Gasteiger partial charge is 0.339 e. The average Bonchev–Trinajstić information content (AvgIpc) is 2.38. The first-order valence-electron chi connectivity index (χ1n) is 6.55. The largest absolute Gasteiger partial charge is 0.459 e. The highest BCUT2D eigenvalue weighted by atomic mass is 16.5. The summed E-state index contributed by atoms with van der Waals surface area (Å²) in [6.45, 7) is 4.00. The number of benzene rings is 2. The van der Waals surface area contributed by atoms with Crippen LogP contribution in [0.25, 0.3) is 11.1 Å². The van der Waals surface area contributed by atoms with E-state index in [1.165, 1.54) is 5.56 Å². The van der Waals surface area contributed by atoms with Crippen LogP contribution in [0.4, 0.5) is 0 Å². The van der Waals surface area contributed by atoms with Crippen molar-refractivity contribution in [2.75, 3.05) is 0 Å². The molecule has 2 aromatic rings. The summed E-state index contributed by atoms with van der Waals surface area (Å²) < 4.78 is 5.38. The quantitative estimate of drug-likeness (QED) is 0.722. The average molecular weight is 252 g/mol. The van der Waals surface area contributed by atoms with Gasteiger partial charge in [-0.25, -0.2) is 4.79 Å². The number of aryl methyl sites for hydroxylation is 1. The van der Waals surface area contributed by atoms with Gasteiger partial charge in [0.25, 0.3) is 0 Å². The molecule has 1 atom stereocenters. The Morgan fingerprint density at radius 3 is 2.63 bits per heavy atom. The molecule has 2 nitrogen and oxygen atoms in total. The number of ether oxygens (including phenoxy) is 1. The molecule has 0 saturated carbocycles. The Morgan fingerprint density at radius 2 is 1.89 bits per heavy atom. The Kier molecular flexibility index (Phi) is 2.86. The summed E-state index contributed by atoms with van der Waals surface area (Å²) in [4.78, 5) is 12.2. The molecule has 0 spiro atoms. The first-order chi connectivity index (χ1) is 9.15. The lowest BCUT2D eigenvalue weighted by Crippen LogP contribution is -2.26. The van der Waals surface area contributed by atoms with Gasteiger partial charge in [0.05, 0.1) is 5.56 Å². The Morgan fingerprint density at radius 1 is 1.16 bits per heavy atom. The highest BCUT2D eigenvalue weighted by Gasteiger charge is 2.27. The number of rotatable bonds is 1. The summed E-state index contributed by atoms with van der Waals surface area (Å²) in [6, 6.07) is 14.2. The van der Waals surface area contributed by atoms with Crippen molar-refractivity contribution in [2.24, 2.45) is 0 Å². The van der Waals surface area contributed by atoms with Gasteiger partial charge in [-0.2, -0.15) is 0 Å². The van der Waals surface area contributed by atoms with Gasteiger partial charge in [0, 0.05) is 6.42 Å². The molecule has 0 fully saturated rings. The molecule has 0 amide bonds. The Labute approximate surface area is 113 Å². The second-order valence-electron chi connectivity index (χ2n) is 5.13. The first kappa shape index (κ1) is 12.0. The molecule has 0 radical (unpaired) electrons. The second kappa shape index (κ2) is 4.54. The molecule has 96 valence electrons. The van der Waals surface area contributed by atoms with Crippen LogP contribution in [0.3, 0.4) is 0 Å². The van der Waals surface area contributed by atoms with E-state index in [9.17, 15) is 4.79 Å². The summed E-state index contributed by atoms with van der Waals surface area (Å²) in [5.41, 5.74) is 5.05. The van der Waals surface area contributed by atoms with E-state index < -0.39 is 0 Å². The van der Waals surface area contributed by atoms with E-state index in [1.807, 2.05) is 37.3 Å². The number of carbonyl (C=O) groups is 1. The van der Waals surface area contributed by atoms with Crippen LogP contribution in [-0.2, 0) is 11.2 Å². The van der Waals surface area contributed by atoms with Crippen LogP contribution in [0.2, 0.25) is 0 Å². The van der Waals surface area contributed by atoms with Crippen molar-refractivity contribution in [1.82, 2.24) is 0 Å². The van der Waals surface area contributed by atoms with Crippen LogP contribution < -0.4 is 0 Å². The minimum Gasteiger partial charge on any atom is -0.459 e. The molecule has 0 aliphatic carbocycles. The molecule has 1 aliphatic heterocycles. The number of esters is 1. The van der Waals surface area contributed by atoms with Gasteiger partial charge in [-0.1, -0.05) is 48.0 Å². The molecule has 19 heavy (non-hydrogen) atoms. The molecule has 2 aromatic carbocycles. The van der Waals surface area contributed by atoms with Gasteiger partial charge in [0.15, 0.2) is 0 Å². The molecular weight excluding hydrogens is 236 g/mol. The predicted molar refractivity (Wildman–Crippen MR) is 75.2 cm³/mol. The van der Waals surface area contributed by atoms with E-state index in [2.05, 4.69) is 19.1 Å². The summed E-state index contributed by atoms with van der Waals surface area (Å²) in [7, 11) is 0. The van der Waals surface area contributed by atoms with Crippen molar-refractivity contribution in [1.29, 1.82) is 0 Å². The fraction of sp³-hybridized carbons (Fsp3) is 0.235. The highest BCUT2D eigenvalue weighted by molar-refractivity contribution is 6.00. The van der Waals surface area contributed by atoms with E-state index in [-0.39, 0.29) is 12.1 Å². The highest BCUT2D eigenvalue weighted by Crippen LogP contribution is 2.32.